The highest BCUT2D eigenvalue weighted by Gasteiger charge is 2.37. The molecule has 2 rings (SSSR count). The molecule has 10 heteroatoms. The lowest BCUT2D eigenvalue weighted by molar-refractivity contribution is -0.143. The van der Waals surface area contributed by atoms with Crippen LogP contribution in [0.1, 0.15) is 36.8 Å². The van der Waals surface area contributed by atoms with Crippen LogP contribution in [0.25, 0.3) is 0 Å². The van der Waals surface area contributed by atoms with Crippen molar-refractivity contribution in [3.05, 3.63) is 29.3 Å². The molecule has 0 spiro atoms. The number of halogens is 6. The van der Waals surface area contributed by atoms with E-state index in [-0.39, 0.29) is 18.2 Å². The second-order valence-electron chi connectivity index (χ2n) is 6.81. The maximum Gasteiger partial charge on any atom is 0.416 e. The van der Waals surface area contributed by atoms with Gasteiger partial charge >= 0.3 is 18.4 Å². The summed E-state index contributed by atoms with van der Waals surface area (Å²) in [4.78, 5) is 14.1. The van der Waals surface area contributed by atoms with Crippen molar-refractivity contribution in [3.63, 3.8) is 0 Å². The van der Waals surface area contributed by atoms with Gasteiger partial charge in [0.25, 0.3) is 0 Å². The molecule has 0 aliphatic heterocycles. The summed E-state index contributed by atoms with van der Waals surface area (Å²) in [6.07, 6.45) is -6.52. The highest BCUT2D eigenvalue weighted by molar-refractivity contribution is 5.89. The van der Waals surface area contributed by atoms with Crippen LogP contribution >= 0.6 is 0 Å². The van der Waals surface area contributed by atoms with Gasteiger partial charge in [-0.1, -0.05) is 12.8 Å². The SMILES string of the molecule is CN(C)C1CCCC[C@@H]1NC(=O)Nc1cc(C(F)(F)F)cc(C(F)(F)F)c1. The number of carbonyl (C=O) groups is 1. The number of carbonyl (C=O) groups excluding carboxylic acids is 1. The third kappa shape index (κ3) is 5.75. The number of alkyl halides is 6. The van der Waals surface area contributed by atoms with Crippen molar-refractivity contribution >= 4 is 11.7 Å². The predicted octanol–water partition coefficient (Wildman–Crippen LogP) is 4.72. The van der Waals surface area contributed by atoms with Gasteiger partial charge in [-0.15, -0.1) is 0 Å². The molecule has 2 atom stereocenters. The van der Waals surface area contributed by atoms with Crippen molar-refractivity contribution in [2.75, 3.05) is 19.4 Å². The highest BCUT2D eigenvalue weighted by Crippen LogP contribution is 2.37. The van der Waals surface area contributed by atoms with Crippen molar-refractivity contribution < 1.29 is 31.1 Å². The Morgan fingerprint density at radius 1 is 0.963 bits per heavy atom. The van der Waals surface area contributed by atoms with E-state index in [4.69, 9.17) is 0 Å². The molecular weight excluding hydrogens is 376 g/mol. The fourth-order valence-corrected chi connectivity index (χ4v) is 3.26. The Bertz CT molecular complexity index is 639. The first-order valence-electron chi connectivity index (χ1n) is 8.41. The number of anilines is 1. The van der Waals surface area contributed by atoms with Crippen molar-refractivity contribution in [2.45, 2.75) is 50.1 Å². The van der Waals surface area contributed by atoms with Crippen molar-refractivity contribution in [2.24, 2.45) is 0 Å². The van der Waals surface area contributed by atoms with Crippen LogP contribution in [0.2, 0.25) is 0 Å². The zero-order chi connectivity index (χ0) is 20.4. The summed E-state index contributed by atoms with van der Waals surface area (Å²) in [6, 6.07) is -0.0237. The Kier molecular flexibility index (Phi) is 6.28. The van der Waals surface area contributed by atoms with Crippen LogP contribution in [0.15, 0.2) is 18.2 Å². The van der Waals surface area contributed by atoms with E-state index in [2.05, 4.69) is 10.6 Å². The van der Waals surface area contributed by atoms with Crippen LogP contribution in [0, 0.1) is 0 Å². The van der Waals surface area contributed by atoms with E-state index < -0.39 is 35.2 Å². The number of amides is 2. The number of nitrogens with one attached hydrogen (secondary N) is 2. The molecule has 1 saturated carbocycles. The normalized spacial score (nSPS) is 21.2. The first kappa shape index (κ1) is 21.3. The first-order chi connectivity index (χ1) is 12.4. The molecule has 1 aromatic rings. The molecule has 27 heavy (non-hydrogen) atoms. The lowest BCUT2D eigenvalue weighted by Gasteiger charge is -2.36. The zero-order valence-corrected chi connectivity index (χ0v) is 14.8. The van der Waals surface area contributed by atoms with Crippen LogP contribution in [-0.2, 0) is 12.4 Å². The first-order valence-corrected chi connectivity index (χ1v) is 8.41. The molecule has 0 heterocycles. The third-order valence-electron chi connectivity index (χ3n) is 4.55. The maximum atomic E-state index is 12.9. The molecule has 0 saturated heterocycles. The van der Waals surface area contributed by atoms with E-state index in [0.717, 1.165) is 19.3 Å². The lowest BCUT2D eigenvalue weighted by Crippen LogP contribution is -2.52. The number of hydrogen-bond donors (Lipinski definition) is 2. The standard InChI is InChI=1S/C17H21F6N3O/c1-26(2)14-6-4-3-5-13(14)25-15(27)24-12-8-10(16(18,19)20)7-11(9-12)17(21,22)23/h7-9,13-14H,3-6H2,1-2H3,(H2,24,25,27)/t13-,14?/m0/s1. The van der Waals surface area contributed by atoms with E-state index in [1.165, 1.54) is 0 Å². The molecule has 4 nitrogen and oxygen atoms in total. The number of urea groups is 1. The monoisotopic (exact) mass is 397 g/mol. The summed E-state index contributed by atoms with van der Waals surface area (Å²) in [5, 5.41) is 4.77. The number of hydrogen-bond acceptors (Lipinski definition) is 2. The van der Waals surface area contributed by atoms with E-state index in [1.807, 2.05) is 19.0 Å². The number of nitrogens with zero attached hydrogens (tertiary/aromatic N) is 1. The Hall–Kier alpha value is -1.97. The predicted molar refractivity (Wildman–Crippen MR) is 88.3 cm³/mol. The smallest absolute Gasteiger partial charge is 0.334 e. The van der Waals surface area contributed by atoms with Crippen molar-refractivity contribution in [3.8, 4) is 0 Å². The van der Waals surface area contributed by atoms with Gasteiger partial charge in [-0.2, -0.15) is 26.3 Å². The van der Waals surface area contributed by atoms with Gasteiger partial charge in [-0.25, -0.2) is 4.79 Å². The quantitative estimate of drug-likeness (QED) is 0.725. The number of rotatable bonds is 3. The topological polar surface area (TPSA) is 44.4 Å². The van der Waals surface area contributed by atoms with Gasteiger partial charge in [-0.05, 0) is 45.1 Å². The molecule has 1 fully saturated rings. The average molecular weight is 397 g/mol. The summed E-state index contributed by atoms with van der Waals surface area (Å²) >= 11 is 0. The summed E-state index contributed by atoms with van der Waals surface area (Å²) in [5.41, 5.74) is -3.51. The Balaban J connectivity index is 2.19. The van der Waals surface area contributed by atoms with Gasteiger partial charge in [0.05, 0.1) is 11.1 Å². The molecule has 1 aliphatic carbocycles. The van der Waals surface area contributed by atoms with Crippen LogP contribution in [0.5, 0.6) is 0 Å². The number of likely N-dealkylation sites (N-methyl/N-ethyl adjacent to an activating group) is 1. The van der Waals surface area contributed by atoms with Crippen molar-refractivity contribution in [1.29, 1.82) is 0 Å². The molecule has 1 unspecified atom stereocenters. The van der Waals surface area contributed by atoms with Gasteiger partial charge in [0, 0.05) is 17.8 Å². The summed E-state index contributed by atoms with van der Waals surface area (Å²) in [6.45, 7) is 0. The van der Waals surface area contributed by atoms with E-state index in [1.54, 1.807) is 0 Å². The third-order valence-corrected chi connectivity index (χ3v) is 4.55. The summed E-state index contributed by atoms with van der Waals surface area (Å²) < 4.78 is 77.3. The molecule has 0 radical (unpaired) electrons. The van der Waals surface area contributed by atoms with Gasteiger partial charge in [0.15, 0.2) is 0 Å². The van der Waals surface area contributed by atoms with Crippen molar-refractivity contribution in [1.82, 2.24) is 10.2 Å². The van der Waals surface area contributed by atoms with Gasteiger partial charge in [0.2, 0.25) is 0 Å². The molecule has 152 valence electrons. The molecule has 1 aliphatic rings. The Morgan fingerprint density at radius 2 is 1.48 bits per heavy atom. The second kappa shape index (κ2) is 7.95. The molecule has 2 amide bonds. The number of benzene rings is 1. The van der Waals surface area contributed by atoms with Gasteiger partial charge in [-0.3, -0.25) is 0 Å². The van der Waals surface area contributed by atoms with Crippen LogP contribution in [0.4, 0.5) is 36.8 Å². The lowest BCUT2D eigenvalue weighted by atomic mass is 9.89. The minimum atomic E-state index is -4.96. The van der Waals surface area contributed by atoms with Gasteiger partial charge in [0.1, 0.15) is 0 Å². The summed E-state index contributed by atoms with van der Waals surface area (Å²) in [5.74, 6) is 0. The maximum absolute atomic E-state index is 12.9. The van der Waals surface area contributed by atoms with E-state index in [0.29, 0.717) is 18.6 Å². The largest absolute Gasteiger partial charge is 0.416 e. The Morgan fingerprint density at radius 3 is 1.96 bits per heavy atom. The molecular formula is C17H21F6N3O. The van der Waals surface area contributed by atoms with Crippen LogP contribution < -0.4 is 10.6 Å². The fraction of sp³-hybridized carbons (Fsp3) is 0.588. The molecule has 2 N–H and O–H groups in total. The molecule has 1 aromatic carbocycles. The van der Waals surface area contributed by atoms with E-state index >= 15 is 0 Å². The minimum Gasteiger partial charge on any atom is -0.334 e. The van der Waals surface area contributed by atoms with Gasteiger partial charge < -0.3 is 15.5 Å². The minimum absolute atomic E-state index is 0.0201. The van der Waals surface area contributed by atoms with Crippen LogP contribution in [0.3, 0.4) is 0 Å². The average Bonchev–Trinajstić information content (AvgIpc) is 2.53. The zero-order valence-electron chi connectivity index (χ0n) is 14.8. The fourth-order valence-electron chi connectivity index (χ4n) is 3.26. The molecule has 0 aromatic heterocycles. The Labute approximate surface area is 152 Å². The highest BCUT2D eigenvalue weighted by atomic mass is 19.4. The van der Waals surface area contributed by atoms with Crippen LogP contribution in [-0.4, -0.2) is 37.1 Å². The second-order valence-corrected chi connectivity index (χ2v) is 6.81. The summed E-state index contributed by atoms with van der Waals surface area (Å²) in [7, 11) is 3.70. The molecule has 0 bridgehead atoms. The van der Waals surface area contributed by atoms with E-state index in [9.17, 15) is 31.1 Å².